The largest absolute Gasteiger partial charge is 0.493 e. The molecule has 3 aromatic rings. The topological polar surface area (TPSA) is 50.7 Å². The van der Waals surface area contributed by atoms with Gasteiger partial charge in [-0.05, 0) is 35.4 Å². The molecule has 0 aliphatic heterocycles. The minimum absolute atomic E-state index is 0.151. The molecule has 0 unspecified atom stereocenters. The maximum Gasteiger partial charge on any atom is 0.244 e. The molecule has 0 aliphatic carbocycles. The monoisotopic (exact) mass is 332 g/mol. The van der Waals surface area contributed by atoms with E-state index in [9.17, 15) is 4.79 Å². The van der Waals surface area contributed by atoms with E-state index in [0.29, 0.717) is 6.61 Å². The van der Waals surface area contributed by atoms with Gasteiger partial charge in [-0.1, -0.05) is 54.6 Å². The summed E-state index contributed by atoms with van der Waals surface area (Å²) in [5.41, 5.74) is 4.40. The van der Waals surface area contributed by atoms with Gasteiger partial charge in [0, 0.05) is 5.56 Å². The van der Waals surface area contributed by atoms with Crippen molar-refractivity contribution >= 4 is 22.9 Å². The van der Waals surface area contributed by atoms with Crippen molar-refractivity contribution in [2.45, 2.75) is 13.3 Å². The Hall–Kier alpha value is -3.14. The maximum absolute atomic E-state index is 12.2. The van der Waals surface area contributed by atoms with Gasteiger partial charge in [0.15, 0.2) is 0 Å². The van der Waals surface area contributed by atoms with Crippen molar-refractivity contribution in [1.82, 2.24) is 5.43 Å². The number of rotatable bonds is 6. The van der Waals surface area contributed by atoms with E-state index in [2.05, 4.69) is 10.5 Å². The van der Waals surface area contributed by atoms with Gasteiger partial charge in [0.1, 0.15) is 5.75 Å². The lowest BCUT2D eigenvalue weighted by atomic mass is 10.0. The van der Waals surface area contributed by atoms with E-state index in [1.165, 1.54) is 0 Å². The first-order chi connectivity index (χ1) is 12.3. The van der Waals surface area contributed by atoms with E-state index >= 15 is 0 Å². The standard InChI is InChI=1S/C21H20N2O2/c1-2-25-20-13-6-4-9-18(20)15-22-23-21(24)14-17-11-7-10-16-8-3-5-12-19(16)17/h3-13,15H,2,14H2,1H3,(H,23,24). The number of nitrogens with zero attached hydrogens (tertiary/aromatic N) is 1. The Kier molecular flexibility index (Phi) is 5.42. The summed E-state index contributed by atoms with van der Waals surface area (Å²) in [7, 11) is 0. The van der Waals surface area contributed by atoms with Gasteiger partial charge in [0.2, 0.25) is 5.91 Å². The Morgan fingerprint density at radius 1 is 1.04 bits per heavy atom. The lowest BCUT2D eigenvalue weighted by molar-refractivity contribution is -0.120. The molecular formula is C21H20N2O2. The smallest absolute Gasteiger partial charge is 0.244 e. The molecule has 1 amide bonds. The van der Waals surface area contributed by atoms with Crippen LogP contribution < -0.4 is 10.2 Å². The third kappa shape index (κ3) is 4.23. The fourth-order valence-corrected chi connectivity index (χ4v) is 2.71. The zero-order chi connectivity index (χ0) is 17.5. The van der Waals surface area contributed by atoms with Crippen LogP contribution in [0.4, 0.5) is 0 Å². The molecule has 0 aliphatic rings. The van der Waals surface area contributed by atoms with Crippen LogP contribution in [0.1, 0.15) is 18.1 Å². The van der Waals surface area contributed by atoms with Gasteiger partial charge in [-0.3, -0.25) is 4.79 Å². The number of benzene rings is 3. The van der Waals surface area contributed by atoms with Gasteiger partial charge in [0.25, 0.3) is 0 Å². The second kappa shape index (κ2) is 8.11. The van der Waals surface area contributed by atoms with Crippen molar-refractivity contribution in [3.63, 3.8) is 0 Å². The van der Waals surface area contributed by atoms with Crippen LogP contribution in [0.25, 0.3) is 10.8 Å². The summed E-state index contributed by atoms with van der Waals surface area (Å²) in [6.45, 7) is 2.51. The number of hydrazone groups is 1. The average Bonchev–Trinajstić information content (AvgIpc) is 2.64. The molecule has 0 heterocycles. The van der Waals surface area contributed by atoms with Crippen molar-refractivity contribution in [2.24, 2.45) is 5.10 Å². The summed E-state index contributed by atoms with van der Waals surface area (Å²) >= 11 is 0. The van der Waals surface area contributed by atoms with Crippen molar-refractivity contribution in [3.8, 4) is 5.75 Å². The van der Waals surface area contributed by atoms with E-state index in [4.69, 9.17) is 4.74 Å². The van der Waals surface area contributed by atoms with Gasteiger partial charge in [0.05, 0.1) is 19.2 Å². The van der Waals surface area contributed by atoms with Crippen LogP contribution in [0, 0.1) is 0 Å². The molecule has 126 valence electrons. The molecule has 0 saturated heterocycles. The lowest BCUT2D eigenvalue weighted by Gasteiger charge is -2.07. The third-order valence-electron chi connectivity index (χ3n) is 3.84. The molecular weight excluding hydrogens is 312 g/mol. The average molecular weight is 332 g/mol. The molecule has 0 spiro atoms. The van der Waals surface area contributed by atoms with E-state index < -0.39 is 0 Å². The molecule has 0 fully saturated rings. The first-order valence-electron chi connectivity index (χ1n) is 8.28. The predicted octanol–water partition coefficient (Wildman–Crippen LogP) is 3.93. The summed E-state index contributed by atoms with van der Waals surface area (Å²) in [6.07, 6.45) is 1.89. The van der Waals surface area contributed by atoms with Crippen molar-refractivity contribution in [1.29, 1.82) is 0 Å². The molecule has 25 heavy (non-hydrogen) atoms. The van der Waals surface area contributed by atoms with Crippen LogP contribution in [0.2, 0.25) is 0 Å². The van der Waals surface area contributed by atoms with E-state index in [1.807, 2.05) is 73.7 Å². The van der Waals surface area contributed by atoms with E-state index in [1.54, 1.807) is 6.21 Å². The number of para-hydroxylation sites is 1. The van der Waals surface area contributed by atoms with Crippen LogP contribution in [0.3, 0.4) is 0 Å². The second-order valence-corrected chi connectivity index (χ2v) is 5.58. The molecule has 3 aromatic carbocycles. The summed E-state index contributed by atoms with van der Waals surface area (Å²) in [5, 5.41) is 6.27. The molecule has 3 rings (SSSR count). The highest BCUT2D eigenvalue weighted by Crippen LogP contribution is 2.19. The number of hydrogen-bond donors (Lipinski definition) is 1. The fourth-order valence-electron chi connectivity index (χ4n) is 2.71. The predicted molar refractivity (Wildman–Crippen MR) is 101 cm³/mol. The van der Waals surface area contributed by atoms with Crippen LogP contribution in [0.5, 0.6) is 5.75 Å². The lowest BCUT2D eigenvalue weighted by Crippen LogP contribution is -2.20. The van der Waals surface area contributed by atoms with Gasteiger partial charge < -0.3 is 4.74 Å². The first-order valence-corrected chi connectivity index (χ1v) is 8.28. The van der Waals surface area contributed by atoms with E-state index in [0.717, 1.165) is 27.6 Å². The Labute approximate surface area is 147 Å². The number of carbonyl (C=O) groups is 1. The Bertz CT molecular complexity index is 898. The number of amides is 1. The molecule has 0 aromatic heterocycles. The summed E-state index contributed by atoms with van der Waals surface area (Å²) < 4.78 is 5.53. The fraction of sp³-hybridized carbons (Fsp3) is 0.143. The first kappa shape index (κ1) is 16.7. The third-order valence-corrected chi connectivity index (χ3v) is 3.84. The number of nitrogens with one attached hydrogen (secondary N) is 1. The van der Waals surface area contributed by atoms with Gasteiger partial charge in [-0.2, -0.15) is 5.10 Å². The summed E-state index contributed by atoms with van der Waals surface area (Å²) in [4.78, 5) is 12.2. The van der Waals surface area contributed by atoms with E-state index in [-0.39, 0.29) is 12.3 Å². The van der Waals surface area contributed by atoms with Crippen molar-refractivity contribution in [2.75, 3.05) is 6.61 Å². The molecule has 0 bridgehead atoms. The summed E-state index contributed by atoms with van der Waals surface area (Å²) in [5.74, 6) is 0.596. The van der Waals surface area contributed by atoms with Crippen LogP contribution in [-0.4, -0.2) is 18.7 Å². The van der Waals surface area contributed by atoms with Gasteiger partial charge >= 0.3 is 0 Å². The summed E-state index contributed by atoms with van der Waals surface area (Å²) in [6, 6.07) is 21.6. The number of ether oxygens (including phenoxy) is 1. The Morgan fingerprint density at radius 3 is 2.68 bits per heavy atom. The maximum atomic E-state index is 12.2. The highest BCUT2D eigenvalue weighted by Gasteiger charge is 2.06. The van der Waals surface area contributed by atoms with Crippen LogP contribution in [0.15, 0.2) is 71.8 Å². The number of fused-ring (bicyclic) bond motifs is 1. The van der Waals surface area contributed by atoms with Crippen molar-refractivity contribution < 1.29 is 9.53 Å². The Balaban J connectivity index is 1.67. The molecule has 0 radical (unpaired) electrons. The number of carbonyl (C=O) groups excluding carboxylic acids is 1. The molecule has 1 N–H and O–H groups in total. The quantitative estimate of drug-likeness (QED) is 0.549. The second-order valence-electron chi connectivity index (χ2n) is 5.58. The minimum Gasteiger partial charge on any atom is -0.493 e. The molecule has 4 heteroatoms. The number of hydrogen-bond acceptors (Lipinski definition) is 3. The SMILES string of the molecule is CCOc1ccccc1C=NNC(=O)Cc1cccc2ccccc12. The zero-order valence-corrected chi connectivity index (χ0v) is 14.1. The Morgan fingerprint density at radius 2 is 1.80 bits per heavy atom. The zero-order valence-electron chi connectivity index (χ0n) is 14.1. The van der Waals surface area contributed by atoms with Crippen LogP contribution in [-0.2, 0) is 11.2 Å². The molecule has 0 atom stereocenters. The van der Waals surface area contributed by atoms with Gasteiger partial charge in [-0.15, -0.1) is 0 Å². The minimum atomic E-state index is -0.151. The molecule has 0 saturated carbocycles. The van der Waals surface area contributed by atoms with Gasteiger partial charge in [-0.25, -0.2) is 5.43 Å². The molecule has 4 nitrogen and oxygen atoms in total. The highest BCUT2D eigenvalue weighted by atomic mass is 16.5. The van der Waals surface area contributed by atoms with Crippen LogP contribution >= 0.6 is 0 Å². The van der Waals surface area contributed by atoms with Crippen molar-refractivity contribution in [3.05, 3.63) is 77.9 Å². The normalized spacial score (nSPS) is 10.9. The highest BCUT2D eigenvalue weighted by molar-refractivity contribution is 5.91.